The lowest BCUT2D eigenvalue weighted by Gasteiger charge is -2.63. The van der Waals surface area contributed by atoms with Crippen LogP contribution in [0.15, 0.2) is 48.6 Å². The fourth-order valence-corrected chi connectivity index (χ4v) is 14.0. The topological polar surface area (TPSA) is 157 Å². The zero-order valence-electron chi connectivity index (χ0n) is 37.8. The Morgan fingerprint density at radius 2 is 1.77 bits per heavy atom. The summed E-state index contributed by atoms with van der Waals surface area (Å²) >= 11 is 0. The molecule has 1 aliphatic carbocycles. The first-order valence-corrected chi connectivity index (χ1v) is 22.7. The Morgan fingerprint density at radius 3 is 2.45 bits per heavy atom. The second-order valence-corrected chi connectivity index (χ2v) is 19.8. The molecule has 334 valence electrons. The largest absolute Gasteiger partial charge is 0.496 e. The van der Waals surface area contributed by atoms with Gasteiger partial charge >= 0.3 is 11.9 Å². The van der Waals surface area contributed by atoms with Crippen LogP contribution < -0.4 is 15.0 Å². The molecule has 2 aromatic carbocycles. The number of benzene rings is 2. The normalized spacial score (nSPS) is 37.1. The second kappa shape index (κ2) is 14.8. The van der Waals surface area contributed by atoms with Gasteiger partial charge in [-0.1, -0.05) is 44.2 Å². The molecule has 9 rings (SSSR count). The number of para-hydroxylation sites is 1. The number of ether oxygens (including phenoxy) is 3. The van der Waals surface area contributed by atoms with Crippen molar-refractivity contribution in [2.75, 3.05) is 52.3 Å². The zero-order chi connectivity index (χ0) is 44.3. The van der Waals surface area contributed by atoms with Gasteiger partial charge < -0.3 is 39.6 Å². The van der Waals surface area contributed by atoms with E-state index in [0.29, 0.717) is 69.5 Å². The number of carbonyl (C=O) groups excluding carboxylic acids is 3. The molecule has 2 saturated heterocycles. The Bertz CT molecular complexity index is 2340. The number of hydrogen-bond acceptors (Lipinski definition) is 11. The summed E-state index contributed by atoms with van der Waals surface area (Å²) in [7, 11) is 4.79. The highest BCUT2D eigenvalue weighted by atomic mass is 16.6. The first-order chi connectivity index (χ1) is 29.5. The molecule has 6 heterocycles. The van der Waals surface area contributed by atoms with Crippen molar-refractivity contribution in [1.29, 1.82) is 0 Å². The summed E-state index contributed by atoms with van der Waals surface area (Å²) in [6, 6.07) is 11.1. The highest BCUT2D eigenvalue weighted by Gasteiger charge is 2.80. The molecule has 6 aliphatic rings. The number of anilines is 1. The molecule has 0 radical (unpaired) electrons. The Hall–Kier alpha value is -4.43. The van der Waals surface area contributed by atoms with Gasteiger partial charge in [0.05, 0.1) is 25.9 Å². The maximum absolute atomic E-state index is 16.0. The molecule has 2 bridgehead atoms. The molecule has 5 aliphatic heterocycles. The minimum Gasteiger partial charge on any atom is -0.496 e. The molecule has 1 spiro atoms. The van der Waals surface area contributed by atoms with Gasteiger partial charge in [0.15, 0.2) is 6.10 Å². The maximum Gasteiger partial charge on any atom is 0.344 e. The summed E-state index contributed by atoms with van der Waals surface area (Å²) in [5.74, 6) is -1.21. The number of carbonyl (C=O) groups is 3. The van der Waals surface area contributed by atoms with E-state index in [4.69, 9.17) is 14.2 Å². The van der Waals surface area contributed by atoms with Gasteiger partial charge in [0.25, 0.3) is 0 Å². The molecule has 1 saturated carbocycles. The van der Waals surface area contributed by atoms with E-state index in [1.807, 2.05) is 57.8 Å². The Kier molecular flexibility index (Phi) is 10.2. The van der Waals surface area contributed by atoms with E-state index in [1.165, 1.54) is 14.0 Å². The smallest absolute Gasteiger partial charge is 0.344 e. The highest BCUT2D eigenvalue weighted by molar-refractivity contribution is 5.97. The molecule has 13 heteroatoms. The number of H-pyrrole nitrogens is 1. The van der Waals surface area contributed by atoms with E-state index in [-0.39, 0.29) is 30.0 Å². The average molecular weight is 852 g/mol. The second-order valence-electron chi connectivity index (χ2n) is 19.8. The van der Waals surface area contributed by atoms with Crippen LogP contribution in [0.2, 0.25) is 0 Å². The third-order valence-corrected chi connectivity index (χ3v) is 16.3. The maximum atomic E-state index is 16.0. The quantitative estimate of drug-likeness (QED) is 0.184. The standard InChI is InChI=1S/C49H65N5O8/c1-10-45(58)24-31-25-48(43(56)50-28(3)4,39-33(21-29(5)54(26-31)27-45)32-15-12-13-16-36(32)51-39)35-22-34-37(23-38(35)60-8)52(7)41-47(34)18-20-53-19-14-17-46(11-2,40(47)53)42(62-30(6)55)49(41,59)44(57)61-9/h12-17,22-23,28-29,31,40-42,51,58-59H,10-11,18-21,24-27H2,1-9H3,(H,50,56)/t29-,31?,40+,41-,42-,45+,46-,47-,48+,49+/m1/s1. The number of aromatic amines is 1. The number of rotatable bonds is 8. The summed E-state index contributed by atoms with van der Waals surface area (Å²) in [4.78, 5) is 54.2. The third-order valence-electron chi connectivity index (χ3n) is 16.3. The first-order valence-electron chi connectivity index (χ1n) is 22.7. The molecular formula is C49H65N5O8. The van der Waals surface area contributed by atoms with Crippen molar-refractivity contribution in [1.82, 2.24) is 20.1 Å². The van der Waals surface area contributed by atoms with E-state index < -0.39 is 51.5 Å². The number of hydrogen-bond donors (Lipinski definition) is 4. The molecule has 2 unspecified atom stereocenters. The summed E-state index contributed by atoms with van der Waals surface area (Å²) in [5.41, 5.74) is -1.28. The van der Waals surface area contributed by atoms with E-state index in [1.54, 1.807) is 7.11 Å². The lowest BCUT2D eigenvalue weighted by atomic mass is 9.47. The number of aromatic nitrogens is 1. The predicted molar refractivity (Wildman–Crippen MR) is 236 cm³/mol. The van der Waals surface area contributed by atoms with Crippen molar-refractivity contribution in [2.24, 2.45) is 11.3 Å². The van der Waals surface area contributed by atoms with Crippen LogP contribution in [-0.2, 0) is 41.1 Å². The van der Waals surface area contributed by atoms with Crippen LogP contribution in [0.4, 0.5) is 5.69 Å². The lowest BCUT2D eigenvalue weighted by molar-refractivity contribution is -0.228. The predicted octanol–water partition coefficient (Wildman–Crippen LogP) is 4.73. The number of nitrogens with zero attached hydrogens (tertiary/aromatic N) is 3. The van der Waals surface area contributed by atoms with Gasteiger partial charge in [0.2, 0.25) is 11.5 Å². The van der Waals surface area contributed by atoms with E-state index >= 15 is 4.79 Å². The van der Waals surface area contributed by atoms with Crippen molar-refractivity contribution in [3.8, 4) is 5.75 Å². The Morgan fingerprint density at radius 1 is 1.02 bits per heavy atom. The molecule has 1 amide bonds. The average Bonchev–Trinajstić information content (AvgIpc) is 3.90. The number of piperidine rings is 1. The van der Waals surface area contributed by atoms with E-state index in [9.17, 15) is 19.8 Å². The number of fused-ring (bicyclic) bond motifs is 6. The van der Waals surface area contributed by atoms with Gasteiger partial charge in [-0.3, -0.25) is 19.4 Å². The van der Waals surface area contributed by atoms with Crippen molar-refractivity contribution in [3.05, 3.63) is 70.9 Å². The van der Waals surface area contributed by atoms with Crippen LogP contribution in [0.3, 0.4) is 0 Å². The SMILES string of the molecule is CC[C@]1(O)CC2CN(C1)[C@H](C)Cc1c([nH]c3ccccc13)[C@@](C(=O)NC(C)C)(c1cc3c(cc1OC)N(C)[C@H]1[C@@](O)(C(=O)OC)[C@H](OC(C)=O)[C@]4(CC)C=CCN5CC[C@]31[C@@H]54)C2. The van der Waals surface area contributed by atoms with Crippen molar-refractivity contribution in [2.45, 2.75) is 132 Å². The van der Waals surface area contributed by atoms with E-state index in [2.05, 4.69) is 57.4 Å². The zero-order valence-corrected chi connectivity index (χ0v) is 37.8. The Labute approximate surface area is 365 Å². The van der Waals surface area contributed by atoms with E-state index in [0.717, 1.165) is 40.0 Å². The highest BCUT2D eigenvalue weighted by Crippen LogP contribution is 2.68. The van der Waals surface area contributed by atoms with Gasteiger partial charge in [0.1, 0.15) is 11.2 Å². The van der Waals surface area contributed by atoms with Crippen molar-refractivity contribution >= 4 is 34.4 Å². The molecule has 62 heavy (non-hydrogen) atoms. The van der Waals surface area contributed by atoms with Crippen LogP contribution in [-0.4, -0.2) is 132 Å². The number of nitrogens with one attached hydrogen (secondary N) is 2. The summed E-state index contributed by atoms with van der Waals surface area (Å²) in [6.45, 7) is 14.2. The van der Waals surface area contributed by atoms with Gasteiger partial charge in [0, 0.05) is 96.5 Å². The van der Waals surface area contributed by atoms with Gasteiger partial charge in [-0.15, -0.1) is 0 Å². The van der Waals surface area contributed by atoms with Crippen LogP contribution in [0.25, 0.3) is 10.9 Å². The third kappa shape index (κ3) is 5.69. The van der Waals surface area contributed by atoms with Crippen LogP contribution in [0, 0.1) is 11.3 Å². The first kappa shape index (κ1) is 42.9. The number of methoxy groups -OCH3 is 2. The summed E-state index contributed by atoms with van der Waals surface area (Å²) in [6.07, 6.45) is 6.09. The lowest BCUT2D eigenvalue weighted by Crippen LogP contribution is -2.81. The van der Waals surface area contributed by atoms with Crippen molar-refractivity contribution in [3.63, 3.8) is 0 Å². The fourth-order valence-electron chi connectivity index (χ4n) is 14.0. The minimum absolute atomic E-state index is 0.0717. The molecule has 13 nitrogen and oxygen atoms in total. The molecule has 4 N–H and O–H groups in total. The van der Waals surface area contributed by atoms with Gasteiger partial charge in [-0.2, -0.15) is 0 Å². The summed E-state index contributed by atoms with van der Waals surface area (Å²) in [5, 5.41) is 30.1. The fraction of sp³-hybridized carbons (Fsp3) is 0.612. The molecule has 1 aromatic heterocycles. The number of amides is 1. The van der Waals surface area contributed by atoms with Gasteiger partial charge in [-0.25, -0.2) is 4.79 Å². The van der Waals surface area contributed by atoms with Crippen molar-refractivity contribution < 1.29 is 38.8 Å². The van der Waals surface area contributed by atoms with Crippen LogP contribution in [0.1, 0.15) is 96.0 Å². The van der Waals surface area contributed by atoms with Gasteiger partial charge in [-0.05, 0) is 95.0 Å². The van der Waals surface area contributed by atoms with Crippen LogP contribution >= 0.6 is 0 Å². The molecular weight excluding hydrogens is 787 g/mol. The molecule has 3 fully saturated rings. The molecule has 3 aromatic rings. The number of esters is 2. The number of likely N-dealkylation sites (N-methyl/N-ethyl adjacent to an activating group) is 1. The number of aliphatic hydroxyl groups is 2. The molecule has 11 atom stereocenters. The van der Waals surface area contributed by atoms with Crippen LogP contribution in [0.5, 0.6) is 5.75 Å². The monoisotopic (exact) mass is 851 g/mol. The minimum atomic E-state index is -2.30. The summed E-state index contributed by atoms with van der Waals surface area (Å²) < 4.78 is 18.2. The Balaban J connectivity index is 1.38.